The molecule has 1 aliphatic rings. The summed E-state index contributed by atoms with van der Waals surface area (Å²) in [6, 6.07) is 0. The molecule has 5 nitrogen and oxygen atoms in total. The van der Waals surface area contributed by atoms with E-state index in [0.29, 0.717) is 19.5 Å². The minimum absolute atomic E-state index is 0.319. The summed E-state index contributed by atoms with van der Waals surface area (Å²) in [5.41, 5.74) is 0. The molecule has 1 heterocycles. The zero-order valence-electron chi connectivity index (χ0n) is 5.90. The number of hydrogen-bond donors (Lipinski definition) is 3. The molecule has 1 atom stereocenters. The van der Waals surface area contributed by atoms with Gasteiger partial charge in [-0.2, -0.15) is 0 Å². The van der Waals surface area contributed by atoms with Crippen LogP contribution >= 0.6 is 0 Å². The molecular weight excluding hydrogens is 169 g/mol. The first-order valence-electron chi connectivity index (χ1n) is 3.34. The average Bonchev–Trinajstić information content (AvgIpc) is 2.37. The van der Waals surface area contributed by atoms with Crippen molar-refractivity contribution in [3.63, 3.8) is 0 Å². The van der Waals surface area contributed by atoms with Crippen molar-refractivity contribution in [2.75, 3.05) is 13.1 Å². The summed E-state index contributed by atoms with van der Waals surface area (Å²) in [4.78, 5) is 0. The van der Waals surface area contributed by atoms with Gasteiger partial charge in [0.1, 0.15) is 0 Å². The van der Waals surface area contributed by atoms with Crippen LogP contribution in [0.4, 0.5) is 0 Å². The lowest BCUT2D eigenvalue weighted by molar-refractivity contribution is 0.426. The lowest BCUT2D eigenvalue weighted by atomic mass is 10.4. The summed E-state index contributed by atoms with van der Waals surface area (Å²) >= 11 is 0. The third-order valence-electron chi connectivity index (χ3n) is 1.77. The Hall–Kier alpha value is -0.105. The van der Waals surface area contributed by atoms with E-state index >= 15 is 0 Å². The van der Waals surface area contributed by atoms with Gasteiger partial charge in [0.2, 0.25) is 0 Å². The number of hydrogen-bond acceptors (Lipinski definition) is 5. The molecule has 0 aliphatic carbocycles. The van der Waals surface area contributed by atoms with Gasteiger partial charge in [0.15, 0.2) is 9.69 Å². The number of rotatable bonds is 2. The van der Waals surface area contributed by atoms with Gasteiger partial charge >= 0.3 is 6.40 Å². The van der Waals surface area contributed by atoms with E-state index < -0.39 is 21.3 Å². The van der Waals surface area contributed by atoms with E-state index in [0.717, 1.165) is 0 Å². The van der Waals surface area contributed by atoms with E-state index in [1.807, 2.05) is 0 Å². The second-order valence-electron chi connectivity index (χ2n) is 2.53. The van der Waals surface area contributed by atoms with Crippen molar-refractivity contribution in [2.45, 2.75) is 11.7 Å². The van der Waals surface area contributed by atoms with E-state index in [1.165, 1.54) is 0 Å². The first-order chi connectivity index (χ1) is 5.05. The summed E-state index contributed by atoms with van der Waals surface area (Å²) < 4.78 is 22.0. The summed E-state index contributed by atoms with van der Waals surface area (Å²) in [6.07, 6.45) is -1.77. The van der Waals surface area contributed by atoms with Crippen LogP contribution in [-0.2, 0) is 9.69 Å². The van der Waals surface area contributed by atoms with Crippen LogP contribution in [0.5, 0.6) is 0 Å². The van der Waals surface area contributed by atoms with E-state index in [-0.39, 0.29) is 0 Å². The molecular formula is C4H10BNO4S. The van der Waals surface area contributed by atoms with Crippen molar-refractivity contribution in [1.82, 2.24) is 5.32 Å². The molecule has 1 saturated heterocycles. The summed E-state index contributed by atoms with van der Waals surface area (Å²) in [7, 11) is -3.73. The molecule has 11 heavy (non-hydrogen) atoms. The van der Waals surface area contributed by atoms with Crippen molar-refractivity contribution in [3.8, 4) is 0 Å². The van der Waals surface area contributed by atoms with Gasteiger partial charge in [-0.1, -0.05) is 0 Å². The fraction of sp³-hybridized carbons (Fsp3) is 1.00. The van der Waals surface area contributed by atoms with Crippen LogP contribution in [0.3, 0.4) is 0 Å². The average molecular weight is 179 g/mol. The molecule has 1 aliphatic heterocycles. The van der Waals surface area contributed by atoms with Gasteiger partial charge in [-0.15, -0.1) is 0 Å². The molecule has 1 rings (SSSR count). The SMILES string of the molecule is O=S(=O)(B(O)O)C1CCNC1. The first kappa shape index (κ1) is 8.99. The molecule has 0 aromatic heterocycles. The lowest BCUT2D eigenvalue weighted by Crippen LogP contribution is -2.36. The second-order valence-corrected chi connectivity index (χ2v) is 4.80. The summed E-state index contributed by atoms with van der Waals surface area (Å²) in [5, 5.41) is 19.2. The molecule has 1 unspecified atom stereocenters. The quantitative estimate of drug-likeness (QED) is 0.416. The van der Waals surface area contributed by atoms with Gasteiger partial charge in [-0.05, 0) is 13.0 Å². The van der Waals surface area contributed by atoms with Gasteiger partial charge in [0.05, 0.1) is 5.25 Å². The topological polar surface area (TPSA) is 86.6 Å². The van der Waals surface area contributed by atoms with Crippen molar-refractivity contribution in [1.29, 1.82) is 0 Å². The Balaban J connectivity index is 2.72. The van der Waals surface area contributed by atoms with Crippen molar-refractivity contribution in [2.24, 2.45) is 0 Å². The predicted molar refractivity (Wildman–Crippen MR) is 40.4 cm³/mol. The van der Waals surface area contributed by atoms with E-state index in [4.69, 9.17) is 10.0 Å². The molecule has 0 spiro atoms. The third kappa shape index (κ3) is 1.73. The molecule has 0 aromatic carbocycles. The van der Waals surface area contributed by atoms with Gasteiger partial charge in [-0.3, -0.25) is 0 Å². The maximum absolute atomic E-state index is 11.0. The van der Waals surface area contributed by atoms with Crippen molar-refractivity contribution >= 4 is 16.1 Å². The molecule has 0 amide bonds. The van der Waals surface area contributed by atoms with Gasteiger partial charge in [-0.25, -0.2) is 8.42 Å². The molecule has 0 saturated carbocycles. The fourth-order valence-corrected chi connectivity index (χ4v) is 2.22. The van der Waals surface area contributed by atoms with Crippen LogP contribution in [0.15, 0.2) is 0 Å². The maximum Gasteiger partial charge on any atom is 0.592 e. The Morgan fingerprint density at radius 2 is 2.09 bits per heavy atom. The van der Waals surface area contributed by atoms with Crippen LogP contribution in [0, 0.1) is 0 Å². The smallest absolute Gasteiger partial charge is 0.415 e. The zero-order valence-corrected chi connectivity index (χ0v) is 6.71. The van der Waals surface area contributed by atoms with Crippen LogP contribution in [0.25, 0.3) is 0 Å². The minimum atomic E-state index is -3.73. The van der Waals surface area contributed by atoms with Gasteiger partial charge in [0.25, 0.3) is 0 Å². The lowest BCUT2D eigenvalue weighted by Gasteiger charge is -2.07. The Kier molecular flexibility index (Phi) is 2.53. The Morgan fingerprint density at radius 3 is 2.45 bits per heavy atom. The maximum atomic E-state index is 11.0. The molecule has 1 fully saturated rings. The molecule has 0 aromatic rings. The molecule has 0 bridgehead atoms. The summed E-state index contributed by atoms with van der Waals surface area (Å²) in [5.74, 6) is 0. The highest BCUT2D eigenvalue weighted by atomic mass is 32.2. The van der Waals surface area contributed by atoms with Crippen LogP contribution < -0.4 is 5.32 Å². The number of nitrogens with one attached hydrogen (secondary N) is 1. The van der Waals surface area contributed by atoms with Gasteiger partial charge in [0, 0.05) is 6.54 Å². The monoisotopic (exact) mass is 179 g/mol. The van der Waals surface area contributed by atoms with Crippen molar-refractivity contribution < 1.29 is 18.5 Å². The van der Waals surface area contributed by atoms with E-state index in [9.17, 15) is 8.42 Å². The molecule has 3 N–H and O–H groups in total. The largest absolute Gasteiger partial charge is 0.592 e. The first-order valence-corrected chi connectivity index (χ1v) is 4.95. The Morgan fingerprint density at radius 1 is 1.45 bits per heavy atom. The Labute approximate surface area is 65.4 Å². The normalized spacial score (nSPS) is 25.5. The fourth-order valence-electron chi connectivity index (χ4n) is 1.08. The predicted octanol–water partition coefficient (Wildman–Crippen LogP) is -2.27. The standard InChI is InChI=1S/C4H10BNO4S/c7-5(8)11(9,10)4-1-2-6-3-4/h4,6-8H,1-3H2. The highest BCUT2D eigenvalue weighted by Crippen LogP contribution is 2.10. The molecule has 7 heteroatoms. The molecule has 0 radical (unpaired) electrons. The third-order valence-corrected chi connectivity index (χ3v) is 3.69. The minimum Gasteiger partial charge on any atom is -0.415 e. The molecule has 64 valence electrons. The highest BCUT2D eigenvalue weighted by molar-refractivity contribution is 8.17. The van der Waals surface area contributed by atoms with E-state index in [2.05, 4.69) is 5.32 Å². The Bertz CT molecular complexity index is 220. The van der Waals surface area contributed by atoms with E-state index in [1.54, 1.807) is 0 Å². The van der Waals surface area contributed by atoms with Crippen LogP contribution in [0.1, 0.15) is 6.42 Å². The second kappa shape index (κ2) is 3.10. The van der Waals surface area contributed by atoms with Crippen molar-refractivity contribution in [3.05, 3.63) is 0 Å². The van der Waals surface area contributed by atoms with Crippen LogP contribution in [0.2, 0.25) is 0 Å². The summed E-state index contributed by atoms with van der Waals surface area (Å²) in [6.45, 7) is 0.941. The van der Waals surface area contributed by atoms with Gasteiger partial charge < -0.3 is 15.4 Å². The highest BCUT2D eigenvalue weighted by Gasteiger charge is 2.38. The zero-order chi connectivity index (χ0) is 8.48. The van der Waals surface area contributed by atoms with Crippen LogP contribution in [-0.4, -0.2) is 43.2 Å².